The Labute approximate surface area is 168 Å². The van der Waals surface area contributed by atoms with Crippen LogP contribution in [0.3, 0.4) is 0 Å². The fraction of sp³-hybridized carbons (Fsp3) is 0.130. The number of carbonyl (C=O) groups excluding carboxylic acids is 2. The lowest BCUT2D eigenvalue weighted by Gasteiger charge is -2.09. The summed E-state index contributed by atoms with van der Waals surface area (Å²) in [6, 6.07) is 17.6. The van der Waals surface area contributed by atoms with Gasteiger partial charge in [0, 0.05) is 28.6 Å². The van der Waals surface area contributed by atoms with Crippen molar-refractivity contribution in [2.75, 3.05) is 17.4 Å². The summed E-state index contributed by atoms with van der Waals surface area (Å²) in [5, 5.41) is 5.70. The van der Waals surface area contributed by atoms with Crippen LogP contribution in [0.25, 0.3) is 0 Å². The maximum absolute atomic E-state index is 12.5. The maximum atomic E-state index is 12.5. The van der Waals surface area contributed by atoms with E-state index in [1.807, 2.05) is 32.0 Å². The molecule has 0 unspecified atom stereocenters. The van der Waals surface area contributed by atoms with Gasteiger partial charge in [-0.05, 0) is 73.5 Å². The first-order valence-electron chi connectivity index (χ1n) is 9.19. The van der Waals surface area contributed by atoms with Crippen LogP contribution in [0.2, 0.25) is 0 Å². The molecule has 2 amide bonds. The van der Waals surface area contributed by atoms with Crippen molar-refractivity contribution >= 4 is 23.2 Å². The molecule has 1 heterocycles. The molecule has 0 atom stereocenters. The van der Waals surface area contributed by atoms with Gasteiger partial charge in [-0.3, -0.25) is 9.59 Å². The van der Waals surface area contributed by atoms with E-state index in [2.05, 4.69) is 10.6 Å². The number of ether oxygens (including phenoxy) is 2. The number of amides is 2. The molecule has 6 heteroatoms. The Morgan fingerprint density at radius 1 is 0.690 bits per heavy atom. The van der Waals surface area contributed by atoms with Crippen molar-refractivity contribution in [3.05, 3.63) is 82.9 Å². The second-order valence-corrected chi connectivity index (χ2v) is 6.93. The number of carbonyl (C=O) groups is 2. The Morgan fingerprint density at radius 3 is 1.86 bits per heavy atom. The molecule has 0 aliphatic carbocycles. The third kappa shape index (κ3) is 4.21. The first-order valence-corrected chi connectivity index (χ1v) is 9.19. The van der Waals surface area contributed by atoms with Crippen molar-refractivity contribution in [3.63, 3.8) is 0 Å². The molecule has 1 aliphatic rings. The van der Waals surface area contributed by atoms with Crippen molar-refractivity contribution < 1.29 is 19.1 Å². The third-order valence-electron chi connectivity index (χ3n) is 4.52. The van der Waals surface area contributed by atoms with Gasteiger partial charge in [-0.15, -0.1) is 0 Å². The van der Waals surface area contributed by atoms with Gasteiger partial charge >= 0.3 is 0 Å². The molecular weight excluding hydrogens is 368 g/mol. The molecule has 0 spiro atoms. The predicted octanol–water partition coefficient (Wildman–Crippen LogP) is 4.54. The zero-order valence-electron chi connectivity index (χ0n) is 16.1. The van der Waals surface area contributed by atoms with Crippen molar-refractivity contribution in [1.29, 1.82) is 0 Å². The molecule has 3 aromatic carbocycles. The quantitative estimate of drug-likeness (QED) is 0.688. The first-order chi connectivity index (χ1) is 14.0. The van der Waals surface area contributed by atoms with Gasteiger partial charge in [-0.2, -0.15) is 0 Å². The Bertz CT molecular complexity index is 1070. The second-order valence-electron chi connectivity index (χ2n) is 6.93. The van der Waals surface area contributed by atoms with E-state index in [9.17, 15) is 9.59 Å². The number of benzene rings is 3. The zero-order chi connectivity index (χ0) is 20.4. The maximum Gasteiger partial charge on any atom is 0.255 e. The molecule has 0 bridgehead atoms. The fourth-order valence-electron chi connectivity index (χ4n) is 3.20. The Hall–Kier alpha value is -3.80. The summed E-state index contributed by atoms with van der Waals surface area (Å²) in [4.78, 5) is 25.0. The number of rotatable bonds is 4. The summed E-state index contributed by atoms with van der Waals surface area (Å²) in [6.07, 6.45) is 0. The first kappa shape index (κ1) is 18.6. The number of nitrogens with one attached hydrogen (secondary N) is 2. The third-order valence-corrected chi connectivity index (χ3v) is 4.52. The van der Waals surface area contributed by atoms with Crippen molar-refractivity contribution in [3.8, 4) is 11.5 Å². The Balaban J connectivity index is 1.42. The lowest BCUT2D eigenvalue weighted by atomic mass is 10.1. The predicted molar refractivity (Wildman–Crippen MR) is 111 cm³/mol. The summed E-state index contributed by atoms with van der Waals surface area (Å²) in [7, 11) is 0. The lowest BCUT2D eigenvalue weighted by molar-refractivity contribution is 0.101. The normalized spacial score (nSPS) is 11.8. The van der Waals surface area contributed by atoms with Crippen molar-refractivity contribution in [2.45, 2.75) is 13.8 Å². The Morgan fingerprint density at radius 2 is 1.24 bits per heavy atom. The smallest absolute Gasteiger partial charge is 0.255 e. The molecule has 0 aromatic heterocycles. The summed E-state index contributed by atoms with van der Waals surface area (Å²) >= 11 is 0. The second kappa shape index (κ2) is 7.67. The van der Waals surface area contributed by atoms with E-state index in [0.717, 1.165) is 16.8 Å². The molecule has 2 N–H and O–H groups in total. The topological polar surface area (TPSA) is 76.7 Å². The number of aryl methyl sites for hydroxylation is 2. The van der Waals surface area contributed by atoms with Crippen molar-refractivity contribution in [2.24, 2.45) is 0 Å². The molecule has 6 nitrogen and oxygen atoms in total. The molecule has 146 valence electrons. The molecule has 4 rings (SSSR count). The van der Waals surface area contributed by atoms with Crippen LogP contribution >= 0.6 is 0 Å². The van der Waals surface area contributed by atoms with Crippen LogP contribution in [0, 0.1) is 13.8 Å². The van der Waals surface area contributed by atoms with Gasteiger partial charge in [0.2, 0.25) is 6.79 Å². The number of hydrogen-bond acceptors (Lipinski definition) is 4. The lowest BCUT2D eigenvalue weighted by Crippen LogP contribution is -2.14. The summed E-state index contributed by atoms with van der Waals surface area (Å²) in [5.41, 5.74) is 4.44. The minimum atomic E-state index is -0.273. The van der Waals surface area contributed by atoms with Crippen molar-refractivity contribution in [1.82, 2.24) is 0 Å². The standard InChI is InChI=1S/C23H20N2O4/c1-14-9-15(2)11-19(10-14)25-23(27)17-5-3-16(4-6-17)22(26)24-18-7-8-20-21(12-18)29-13-28-20/h3-12H,13H2,1-2H3,(H,24,26)(H,25,27). The van der Waals surface area contributed by atoms with Gasteiger partial charge in [0.15, 0.2) is 11.5 Å². The van der Waals surface area contributed by atoms with Gasteiger partial charge in [0.05, 0.1) is 0 Å². The fourth-order valence-corrected chi connectivity index (χ4v) is 3.20. The average Bonchev–Trinajstić information content (AvgIpc) is 3.15. The molecule has 1 aliphatic heterocycles. The van der Waals surface area contributed by atoms with Crippen LogP contribution in [0.1, 0.15) is 31.8 Å². The van der Waals surface area contributed by atoms with E-state index in [-0.39, 0.29) is 18.6 Å². The van der Waals surface area contributed by atoms with Gasteiger partial charge in [-0.1, -0.05) is 6.07 Å². The molecule has 0 saturated carbocycles. The van der Waals surface area contributed by atoms with E-state index in [4.69, 9.17) is 9.47 Å². The van der Waals surface area contributed by atoms with Gasteiger partial charge in [0.1, 0.15) is 0 Å². The number of fused-ring (bicyclic) bond motifs is 1. The molecular formula is C23H20N2O4. The summed E-state index contributed by atoms with van der Waals surface area (Å²) in [5.74, 6) is 0.756. The number of hydrogen-bond donors (Lipinski definition) is 2. The highest BCUT2D eigenvalue weighted by Gasteiger charge is 2.15. The minimum Gasteiger partial charge on any atom is -0.454 e. The van der Waals surface area contributed by atoms with Gasteiger partial charge < -0.3 is 20.1 Å². The minimum absolute atomic E-state index is 0.179. The van der Waals surface area contributed by atoms with Crippen LogP contribution in [0.5, 0.6) is 11.5 Å². The van der Waals surface area contributed by atoms with E-state index in [0.29, 0.717) is 28.3 Å². The molecule has 29 heavy (non-hydrogen) atoms. The van der Waals surface area contributed by atoms with E-state index in [1.54, 1.807) is 42.5 Å². The van der Waals surface area contributed by atoms with Gasteiger partial charge in [0.25, 0.3) is 11.8 Å². The van der Waals surface area contributed by atoms with E-state index < -0.39 is 0 Å². The molecule has 0 fully saturated rings. The highest BCUT2D eigenvalue weighted by atomic mass is 16.7. The SMILES string of the molecule is Cc1cc(C)cc(NC(=O)c2ccc(C(=O)Nc3ccc4c(c3)OCO4)cc2)c1. The number of anilines is 2. The van der Waals surface area contributed by atoms with E-state index in [1.165, 1.54) is 0 Å². The zero-order valence-corrected chi connectivity index (χ0v) is 16.1. The van der Waals surface area contributed by atoms with Crippen LogP contribution in [-0.4, -0.2) is 18.6 Å². The highest BCUT2D eigenvalue weighted by Crippen LogP contribution is 2.34. The van der Waals surface area contributed by atoms with Crippen LogP contribution < -0.4 is 20.1 Å². The molecule has 0 saturated heterocycles. The van der Waals surface area contributed by atoms with E-state index >= 15 is 0 Å². The largest absolute Gasteiger partial charge is 0.454 e. The van der Waals surface area contributed by atoms with Gasteiger partial charge in [-0.25, -0.2) is 0 Å². The summed E-state index contributed by atoms with van der Waals surface area (Å²) in [6.45, 7) is 4.14. The van der Waals surface area contributed by atoms with Crippen LogP contribution in [0.4, 0.5) is 11.4 Å². The Kier molecular flexibility index (Phi) is 4.91. The average molecular weight is 388 g/mol. The molecule has 0 radical (unpaired) electrons. The highest BCUT2D eigenvalue weighted by molar-refractivity contribution is 6.07. The monoisotopic (exact) mass is 388 g/mol. The molecule has 3 aromatic rings. The summed E-state index contributed by atoms with van der Waals surface area (Å²) < 4.78 is 10.6. The van der Waals surface area contributed by atoms with Crippen LogP contribution in [-0.2, 0) is 0 Å². The van der Waals surface area contributed by atoms with Crippen LogP contribution in [0.15, 0.2) is 60.7 Å².